The van der Waals surface area contributed by atoms with E-state index in [1.165, 1.54) is 17.4 Å². The van der Waals surface area contributed by atoms with E-state index in [-0.39, 0.29) is 5.70 Å². The first-order valence-electron chi connectivity index (χ1n) is 4.09. The number of thiophene rings is 1. The molecule has 8 heteroatoms. The molecule has 0 radical (unpaired) electrons. The van der Waals surface area contributed by atoms with Crippen LogP contribution < -0.4 is 4.72 Å². The van der Waals surface area contributed by atoms with Crippen LogP contribution in [0.15, 0.2) is 28.0 Å². The van der Waals surface area contributed by atoms with E-state index >= 15 is 0 Å². The van der Waals surface area contributed by atoms with Crippen molar-refractivity contribution in [2.24, 2.45) is 4.40 Å². The van der Waals surface area contributed by atoms with E-state index in [0.717, 1.165) is 0 Å². The zero-order valence-corrected chi connectivity index (χ0v) is 9.38. The van der Waals surface area contributed by atoms with E-state index in [1.54, 1.807) is 17.5 Å². The lowest BCUT2D eigenvalue weighted by Gasteiger charge is -2.12. The van der Waals surface area contributed by atoms with Gasteiger partial charge in [0.2, 0.25) is 0 Å². The van der Waals surface area contributed by atoms with Crippen molar-refractivity contribution in [3.63, 3.8) is 0 Å². The van der Waals surface area contributed by atoms with Gasteiger partial charge in [0.15, 0.2) is 5.71 Å². The molecule has 0 fully saturated rings. The quantitative estimate of drug-likeness (QED) is 0.805. The predicted molar refractivity (Wildman–Crippen MR) is 59.4 cm³/mol. The zero-order valence-electron chi connectivity index (χ0n) is 7.75. The fraction of sp³-hybridized carbons (Fsp3) is 0. The molecule has 1 aromatic rings. The Bertz CT molecular complexity index is 584. The first-order valence-corrected chi connectivity index (χ1v) is 6.41. The Morgan fingerprint density at radius 2 is 2.25 bits per heavy atom. The number of carboxylic acids is 1. The normalized spacial score (nSPS) is 18.2. The van der Waals surface area contributed by atoms with Crippen LogP contribution in [0.25, 0.3) is 5.70 Å². The van der Waals surface area contributed by atoms with Gasteiger partial charge in [-0.05, 0) is 17.5 Å². The van der Waals surface area contributed by atoms with Crippen LogP contribution >= 0.6 is 11.3 Å². The number of nitrogens with one attached hydrogen (secondary N) is 1. The summed E-state index contributed by atoms with van der Waals surface area (Å²) in [7, 11) is -3.96. The minimum Gasteiger partial charge on any atom is -0.476 e. The summed E-state index contributed by atoms with van der Waals surface area (Å²) in [4.78, 5) is 11.3. The Hall–Kier alpha value is -1.67. The van der Waals surface area contributed by atoms with Crippen LogP contribution in [0, 0.1) is 0 Å². The van der Waals surface area contributed by atoms with Gasteiger partial charge in [-0.25, -0.2) is 4.79 Å². The second-order valence-corrected chi connectivity index (χ2v) is 5.18. The molecule has 0 amide bonds. The molecule has 0 bridgehead atoms. The molecule has 84 valence electrons. The molecule has 2 rings (SSSR count). The van der Waals surface area contributed by atoms with Crippen molar-refractivity contribution < 1.29 is 18.3 Å². The molecule has 1 aliphatic heterocycles. The first-order chi connectivity index (χ1) is 7.48. The summed E-state index contributed by atoms with van der Waals surface area (Å²) in [6.45, 7) is 0. The molecule has 0 saturated carbocycles. The van der Waals surface area contributed by atoms with Gasteiger partial charge in [-0.3, -0.25) is 4.72 Å². The third-order valence-corrected chi connectivity index (χ3v) is 3.56. The number of nitrogens with zero attached hydrogens (tertiary/aromatic N) is 1. The van der Waals surface area contributed by atoms with E-state index < -0.39 is 21.9 Å². The second-order valence-electron chi connectivity index (χ2n) is 2.89. The fourth-order valence-corrected chi connectivity index (χ4v) is 2.78. The highest BCUT2D eigenvalue weighted by atomic mass is 32.2. The summed E-state index contributed by atoms with van der Waals surface area (Å²) < 4.78 is 27.8. The highest BCUT2D eigenvalue weighted by Crippen LogP contribution is 2.21. The van der Waals surface area contributed by atoms with Gasteiger partial charge in [-0.1, -0.05) is 6.07 Å². The zero-order chi connectivity index (χ0) is 11.8. The van der Waals surface area contributed by atoms with Crippen LogP contribution in [0.2, 0.25) is 0 Å². The second kappa shape index (κ2) is 3.72. The van der Waals surface area contributed by atoms with E-state index in [4.69, 9.17) is 5.11 Å². The summed E-state index contributed by atoms with van der Waals surface area (Å²) in [5.74, 6) is -1.38. The van der Waals surface area contributed by atoms with E-state index in [1.807, 2.05) is 0 Å². The Morgan fingerprint density at radius 1 is 1.50 bits per heavy atom. The molecule has 0 aliphatic carbocycles. The highest BCUT2D eigenvalue weighted by Gasteiger charge is 2.22. The van der Waals surface area contributed by atoms with Gasteiger partial charge in [-0.15, -0.1) is 15.7 Å². The topological polar surface area (TPSA) is 95.8 Å². The van der Waals surface area contributed by atoms with Gasteiger partial charge in [0.05, 0.1) is 10.6 Å². The Kier molecular flexibility index (Phi) is 2.52. The van der Waals surface area contributed by atoms with Crippen molar-refractivity contribution in [2.45, 2.75) is 0 Å². The van der Waals surface area contributed by atoms with Crippen molar-refractivity contribution in [1.82, 2.24) is 4.72 Å². The van der Waals surface area contributed by atoms with Gasteiger partial charge in [0, 0.05) is 0 Å². The smallest absolute Gasteiger partial charge is 0.355 e. The maximum absolute atomic E-state index is 11.3. The lowest BCUT2D eigenvalue weighted by atomic mass is 10.2. The lowest BCUT2D eigenvalue weighted by Crippen LogP contribution is -2.28. The minimum atomic E-state index is -3.96. The van der Waals surface area contributed by atoms with Crippen LogP contribution in [0.3, 0.4) is 0 Å². The van der Waals surface area contributed by atoms with Gasteiger partial charge in [0.25, 0.3) is 0 Å². The molecule has 0 spiro atoms. The number of carbonyl (C=O) groups is 1. The van der Waals surface area contributed by atoms with Crippen molar-refractivity contribution in [2.75, 3.05) is 0 Å². The van der Waals surface area contributed by atoms with Crippen LogP contribution in [-0.2, 0) is 15.0 Å². The molecule has 1 aliphatic rings. The molecule has 1 aromatic heterocycles. The van der Waals surface area contributed by atoms with Crippen LogP contribution in [0.5, 0.6) is 0 Å². The maximum atomic E-state index is 11.3. The summed E-state index contributed by atoms with van der Waals surface area (Å²) in [5.41, 5.74) is -0.274. The predicted octanol–water partition coefficient (Wildman–Crippen LogP) is 0.463. The van der Waals surface area contributed by atoms with Crippen molar-refractivity contribution in [3.8, 4) is 0 Å². The largest absolute Gasteiger partial charge is 0.476 e. The molecule has 0 atom stereocenters. The molecular weight excluding hydrogens is 252 g/mol. The Morgan fingerprint density at radius 3 is 2.81 bits per heavy atom. The Balaban J connectivity index is 2.50. The first kappa shape index (κ1) is 10.8. The third-order valence-electron chi connectivity index (χ3n) is 1.74. The van der Waals surface area contributed by atoms with Crippen molar-refractivity contribution >= 4 is 38.9 Å². The summed E-state index contributed by atoms with van der Waals surface area (Å²) in [5, 5.41) is 10.5. The molecule has 2 heterocycles. The van der Waals surface area contributed by atoms with E-state index in [9.17, 15) is 13.2 Å². The summed E-state index contributed by atoms with van der Waals surface area (Å²) in [6, 6.07) is 3.42. The summed E-state index contributed by atoms with van der Waals surface area (Å²) >= 11 is 1.30. The van der Waals surface area contributed by atoms with Crippen LogP contribution in [0.1, 0.15) is 4.88 Å². The van der Waals surface area contributed by atoms with E-state index in [0.29, 0.717) is 4.88 Å². The number of rotatable bonds is 2. The highest BCUT2D eigenvalue weighted by molar-refractivity contribution is 7.88. The average Bonchev–Trinajstić information content (AvgIpc) is 2.67. The van der Waals surface area contributed by atoms with Gasteiger partial charge >= 0.3 is 16.2 Å². The van der Waals surface area contributed by atoms with Crippen molar-refractivity contribution in [3.05, 3.63) is 28.5 Å². The molecule has 0 saturated heterocycles. The van der Waals surface area contributed by atoms with Crippen LogP contribution in [-0.4, -0.2) is 25.2 Å². The lowest BCUT2D eigenvalue weighted by molar-refractivity contribution is -0.129. The standard InChI is InChI=1S/C8H6N2O4S2/c11-8(12)6-4-5(7-2-1-3-15-7)9-16(13,14)10-6/h1-4,9H,(H,11,12). The molecule has 6 nitrogen and oxygen atoms in total. The van der Waals surface area contributed by atoms with Gasteiger partial charge in [0.1, 0.15) is 0 Å². The molecule has 2 N–H and O–H groups in total. The van der Waals surface area contributed by atoms with Crippen molar-refractivity contribution in [1.29, 1.82) is 0 Å². The van der Waals surface area contributed by atoms with Crippen LogP contribution in [0.4, 0.5) is 0 Å². The Labute approximate surface area is 95.1 Å². The maximum Gasteiger partial charge on any atom is 0.355 e. The monoisotopic (exact) mass is 258 g/mol. The van der Waals surface area contributed by atoms with Gasteiger partial charge < -0.3 is 5.11 Å². The fourth-order valence-electron chi connectivity index (χ4n) is 1.14. The number of hydrogen-bond donors (Lipinski definition) is 2. The van der Waals surface area contributed by atoms with Gasteiger partial charge in [-0.2, -0.15) is 8.42 Å². The number of hydrogen-bond acceptors (Lipinski definition) is 4. The molecule has 0 unspecified atom stereocenters. The average molecular weight is 258 g/mol. The molecule has 0 aromatic carbocycles. The molecule has 16 heavy (non-hydrogen) atoms. The molecular formula is C8H6N2O4S2. The third kappa shape index (κ3) is 2.12. The van der Waals surface area contributed by atoms with E-state index in [2.05, 4.69) is 9.12 Å². The minimum absolute atomic E-state index is 0.224. The number of aliphatic carboxylic acids is 1. The SMILES string of the molecule is O=C(O)C1=NS(=O)(=O)NC(c2cccs2)=C1. The number of carboxylic acid groups (broad SMARTS) is 1. The summed E-state index contributed by atoms with van der Waals surface area (Å²) in [6.07, 6.45) is 1.19.